The number of alkyl halides is 3. The third-order valence-electron chi connectivity index (χ3n) is 2.41. The van der Waals surface area contributed by atoms with Gasteiger partial charge in [0.15, 0.2) is 5.75 Å². The number of aromatic nitrogens is 2. The molecule has 0 amide bonds. The molecule has 0 fully saturated rings. The Kier molecular flexibility index (Phi) is 4.85. The molecule has 0 unspecified atom stereocenters. The number of aromatic hydroxyl groups is 1. The van der Waals surface area contributed by atoms with Gasteiger partial charge >= 0.3 is 35.7 Å². The van der Waals surface area contributed by atoms with Gasteiger partial charge in [-0.15, -0.1) is 0 Å². The molecule has 0 atom stereocenters. The van der Waals surface area contributed by atoms with Gasteiger partial charge in [-0.05, 0) is 12.1 Å². The molecular weight excluding hydrogens is 288 g/mol. The first kappa shape index (κ1) is 16.5. The van der Waals surface area contributed by atoms with Gasteiger partial charge in [0.05, 0.1) is 11.5 Å². The fourth-order valence-electron chi connectivity index (χ4n) is 1.52. The van der Waals surface area contributed by atoms with Crippen molar-refractivity contribution >= 4 is 5.97 Å². The molecule has 0 saturated heterocycles. The smallest absolute Gasteiger partial charge is 0.543 e. The summed E-state index contributed by atoms with van der Waals surface area (Å²) in [4.78, 5) is 10.6. The maximum atomic E-state index is 12.5. The molecule has 1 heterocycles. The number of benzene rings is 1. The number of hydrogen-bond donors (Lipinski definition) is 2. The molecule has 2 N–H and O–H groups in total. The van der Waals surface area contributed by atoms with Crippen LogP contribution in [0.5, 0.6) is 5.75 Å². The number of nitrogens with zero attached hydrogens (tertiary/aromatic N) is 1. The third kappa shape index (κ3) is 3.14. The average molecular weight is 294 g/mol. The number of carbonyl (C=O) groups is 1. The van der Waals surface area contributed by atoms with Crippen LogP contribution in [-0.4, -0.2) is 21.3 Å². The van der Waals surface area contributed by atoms with Gasteiger partial charge in [-0.1, -0.05) is 12.1 Å². The van der Waals surface area contributed by atoms with Crippen molar-refractivity contribution < 1.29 is 57.7 Å². The number of aromatic amines is 1. The van der Waals surface area contributed by atoms with E-state index in [2.05, 4.69) is 5.10 Å². The number of hydrogen-bond acceptors (Lipinski definition) is 4. The van der Waals surface area contributed by atoms with Crippen molar-refractivity contribution in [2.24, 2.45) is 0 Å². The van der Waals surface area contributed by atoms with Crippen LogP contribution in [0.4, 0.5) is 13.2 Å². The summed E-state index contributed by atoms with van der Waals surface area (Å²) in [7, 11) is 0. The standard InChI is InChI=1S/C11H7F3N2O3.Na/c12-11(13,14)6-3-1-2-5(4-6)7-9(17)8(10(18)19)16-15-7;/h1-4,17H,(H,15,16)(H,18,19);/q;+1/p-1. The number of carboxylic acid groups (broad SMARTS) is 1. The molecule has 2 aromatic rings. The number of H-pyrrole nitrogens is 1. The Morgan fingerprint density at radius 2 is 2.00 bits per heavy atom. The van der Waals surface area contributed by atoms with Crippen molar-refractivity contribution in [1.82, 2.24) is 10.2 Å². The second-order valence-electron chi connectivity index (χ2n) is 3.66. The summed E-state index contributed by atoms with van der Waals surface area (Å²) in [6.07, 6.45) is -4.54. The minimum Gasteiger partial charge on any atom is -0.543 e. The molecule has 1 aromatic heterocycles. The maximum absolute atomic E-state index is 12.5. The summed E-state index contributed by atoms with van der Waals surface area (Å²) in [5, 5.41) is 25.6. The van der Waals surface area contributed by atoms with E-state index in [1.54, 1.807) is 0 Å². The van der Waals surface area contributed by atoms with Gasteiger partial charge in [-0.2, -0.15) is 18.3 Å². The van der Waals surface area contributed by atoms with E-state index in [0.717, 1.165) is 18.2 Å². The normalized spacial score (nSPS) is 10.9. The maximum Gasteiger partial charge on any atom is 1.00 e. The first-order valence-electron chi connectivity index (χ1n) is 4.97. The van der Waals surface area contributed by atoms with Gasteiger partial charge in [0.25, 0.3) is 0 Å². The molecule has 0 spiro atoms. The van der Waals surface area contributed by atoms with Crippen LogP contribution in [0.2, 0.25) is 0 Å². The minimum atomic E-state index is -4.54. The predicted molar refractivity (Wildman–Crippen MR) is 55.0 cm³/mol. The molecule has 2 rings (SSSR count). The van der Waals surface area contributed by atoms with E-state index in [1.165, 1.54) is 6.07 Å². The Balaban J connectivity index is 0.00000200. The quantitative estimate of drug-likeness (QED) is 0.638. The molecule has 100 valence electrons. The van der Waals surface area contributed by atoms with Gasteiger partial charge in [0.1, 0.15) is 11.4 Å². The van der Waals surface area contributed by atoms with E-state index in [0.29, 0.717) is 0 Å². The molecule has 0 aliphatic carbocycles. The second-order valence-corrected chi connectivity index (χ2v) is 3.66. The van der Waals surface area contributed by atoms with Crippen molar-refractivity contribution in [3.05, 3.63) is 35.5 Å². The Bertz CT molecular complexity index is 640. The van der Waals surface area contributed by atoms with Crippen LogP contribution in [0.3, 0.4) is 0 Å². The van der Waals surface area contributed by atoms with Gasteiger partial charge < -0.3 is 15.0 Å². The summed E-state index contributed by atoms with van der Waals surface area (Å²) in [5.74, 6) is -2.47. The zero-order chi connectivity index (χ0) is 14.2. The van der Waals surface area contributed by atoms with Crippen molar-refractivity contribution in [2.45, 2.75) is 6.18 Å². The molecule has 0 bridgehead atoms. The average Bonchev–Trinajstić information content (AvgIpc) is 2.70. The van der Waals surface area contributed by atoms with E-state index in [4.69, 9.17) is 0 Å². The molecule has 9 heteroatoms. The molecule has 0 aliphatic heterocycles. The van der Waals surface area contributed by atoms with E-state index >= 15 is 0 Å². The minimum absolute atomic E-state index is 0. The van der Waals surface area contributed by atoms with Gasteiger partial charge in [-0.25, -0.2) is 0 Å². The summed E-state index contributed by atoms with van der Waals surface area (Å²) >= 11 is 0. The first-order chi connectivity index (χ1) is 8.80. The van der Waals surface area contributed by atoms with Crippen LogP contribution in [0.15, 0.2) is 24.3 Å². The van der Waals surface area contributed by atoms with E-state index in [-0.39, 0.29) is 40.8 Å². The number of aromatic carboxylic acids is 1. The Hall–Kier alpha value is -1.51. The van der Waals surface area contributed by atoms with Gasteiger partial charge in [0.2, 0.25) is 0 Å². The molecule has 20 heavy (non-hydrogen) atoms. The molecular formula is C11H6F3N2NaO3. The molecule has 1 aromatic carbocycles. The fraction of sp³-hybridized carbons (Fsp3) is 0.0909. The zero-order valence-corrected chi connectivity index (χ0v) is 12.2. The second kappa shape index (κ2) is 5.86. The summed E-state index contributed by atoms with van der Waals surface area (Å²) in [6.45, 7) is 0. The number of carbonyl (C=O) groups excluding carboxylic acids is 1. The third-order valence-corrected chi connectivity index (χ3v) is 2.41. The van der Waals surface area contributed by atoms with Crippen molar-refractivity contribution in [1.29, 1.82) is 0 Å². The van der Waals surface area contributed by atoms with Gasteiger partial charge in [0, 0.05) is 5.56 Å². The Labute approximate surface area is 132 Å². The SMILES string of the molecule is O=C([O-])c1[nH]nc(-c2cccc(C(F)(F)F)c2)c1O.[Na+]. The van der Waals surface area contributed by atoms with E-state index in [9.17, 15) is 28.2 Å². The van der Waals surface area contributed by atoms with Crippen LogP contribution in [0.25, 0.3) is 11.3 Å². The first-order valence-corrected chi connectivity index (χ1v) is 4.97. The summed E-state index contributed by atoms with van der Waals surface area (Å²) < 4.78 is 37.6. The van der Waals surface area contributed by atoms with Crippen molar-refractivity contribution in [3.8, 4) is 17.0 Å². The monoisotopic (exact) mass is 294 g/mol. The zero-order valence-electron chi connectivity index (χ0n) is 10.2. The summed E-state index contributed by atoms with van der Waals surface area (Å²) in [5.41, 5.74) is -1.96. The number of carboxylic acids is 1. The van der Waals surface area contributed by atoms with Gasteiger partial charge in [-0.3, -0.25) is 5.10 Å². The van der Waals surface area contributed by atoms with Crippen LogP contribution in [-0.2, 0) is 6.18 Å². The van der Waals surface area contributed by atoms with E-state index in [1.807, 2.05) is 5.10 Å². The summed E-state index contributed by atoms with van der Waals surface area (Å²) in [6, 6.07) is 4.01. The Morgan fingerprint density at radius 3 is 2.50 bits per heavy atom. The van der Waals surface area contributed by atoms with Crippen LogP contribution in [0, 0.1) is 0 Å². The van der Waals surface area contributed by atoms with Crippen LogP contribution >= 0.6 is 0 Å². The Morgan fingerprint density at radius 1 is 1.35 bits per heavy atom. The van der Waals surface area contributed by atoms with Crippen molar-refractivity contribution in [2.75, 3.05) is 0 Å². The molecule has 0 aliphatic rings. The number of nitrogens with one attached hydrogen (secondary N) is 1. The fourth-order valence-corrected chi connectivity index (χ4v) is 1.52. The van der Waals surface area contributed by atoms with Crippen LogP contribution < -0.4 is 34.7 Å². The predicted octanol–water partition coefficient (Wildman–Crippen LogP) is -1.83. The number of halogens is 3. The molecule has 0 saturated carbocycles. The topological polar surface area (TPSA) is 89.0 Å². The largest absolute Gasteiger partial charge is 1.00 e. The molecule has 0 radical (unpaired) electrons. The number of rotatable bonds is 2. The van der Waals surface area contributed by atoms with Crippen LogP contribution in [0.1, 0.15) is 16.1 Å². The van der Waals surface area contributed by atoms with E-state index < -0.39 is 29.2 Å². The van der Waals surface area contributed by atoms with Crippen molar-refractivity contribution in [3.63, 3.8) is 0 Å². The molecule has 5 nitrogen and oxygen atoms in total.